The molecule has 8 heteroatoms. The molecule has 0 fully saturated rings. The van der Waals surface area contributed by atoms with Crippen LogP contribution in [0.1, 0.15) is 41.2 Å². The molecule has 134 valence electrons. The maximum Gasteiger partial charge on any atom is 0.352 e. The molecule has 0 unspecified atom stereocenters. The van der Waals surface area contributed by atoms with Crippen LogP contribution in [-0.4, -0.2) is 60.2 Å². The van der Waals surface area contributed by atoms with Gasteiger partial charge in [-0.25, -0.2) is 4.79 Å². The first-order valence-corrected chi connectivity index (χ1v) is 7.69. The quantitative estimate of drug-likeness (QED) is 0.645. The van der Waals surface area contributed by atoms with Gasteiger partial charge in [0.25, 0.3) is 0 Å². The summed E-state index contributed by atoms with van der Waals surface area (Å²) in [7, 11) is 2.49. The third-order valence-electron chi connectivity index (χ3n) is 3.89. The second-order valence-electron chi connectivity index (χ2n) is 5.21. The van der Waals surface area contributed by atoms with Gasteiger partial charge in [0.2, 0.25) is 0 Å². The molecule has 0 aromatic carbocycles. The Labute approximate surface area is 140 Å². The summed E-state index contributed by atoms with van der Waals surface area (Å²) in [6.45, 7) is 5.95. The Balaban J connectivity index is 3.38. The Morgan fingerprint density at radius 3 is 1.92 bits per heavy atom. The van der Waals surface area contributed by atoms with Gasteiger partial charge in [0.05, 0.1) is 27.1 Å². The first kappa shape index (κ1) is 19.7. The van der Waals surface area contributed by atoms with Gasteiger partial charge in [-0.15, -0.1) is 0 Å². The van der Waals surface area contributed by atoms with Crippen molar-refractivity contribution in [3.05, 3.63) is 22.5 Å². The number of ether oxygens (including phenoxy) is 2. The van der Waals surface area contributed by atoms with Crippen molar-refractivity contribution >= 4 is 17.9 Å². The van der Waals surface area contributed by atoms with Crippen molar-refractivity contribution in [1.82, 2.24) is 9.88 Å². The van der Waals surface area contributed by atoms with E-state index in [1.165, 1.54) is 14.2 Å². The lowest BCUT2D eigenvalue weighted by molar-refractivity contribution is -0.141. The van der Waals surface area contributed by atoms with Gasteiger partial charge in [0.15, 0.2) is 0 Å². The molecule has 0 spiro atoms. The molecule has 0 atom stereocenters. The normalized spacial score (nSPS) is 10.7. The Morgan fingerprint density at radius 1 is 1.00 bits per heavy atom. The molecule has 0 aliphatic rings. The number of carboxylic acid groups (broad SMARTS) is 1. The fourth-order valence-corrected chi connectivity index (χ4v) is 2.46. The third-order valence-corrected chi connectivity index (χ3v) is 3.89. The predicted octanol–water partition coefficient (Wildman–Crippen LogP) is 0.986. The maximum atomic E-state index is 11.7. The first-order valence-electron chi connectivity index (χ1n) is 7.69. The van der Waals surface area contributed by atoms with Crippen LogP contribution < -0.4 is 0 Å². The molecule has 0 saturated heterocycles. The van der Waals surface area contributed by atoms with E-state index in [0.29, 0.717) is 17.8 Å². The highest BCUT2D eigenvalue weighted by Crippen LogP contribution is 2.23. The zero-order valence-corrected chi connectivity index (χ0v) is 14.5. The van der Waals surface area contributed by atoms with Gasteiger partial charge in [-0.1, -0.05) is 13.8 Å². The van der Waals surface area contributed by atoms with E-state index >= 15 is 0 Å². The molecule has 0 bridgehead atoms. The Bertz CT molecular complexity index is 604. The summed E-state index contributed by atoms with van der Waals surface area (Å²) in [6, 6.07) is 0. The molecular formula is C16H24N2O6. The molecule has 1 rings (SSSR count). The number of rotatable bonds is 9. The van der Waals surface area contributed by atoms with Crippen molar-refractivity contribution in [2.24, 2.45) is 0 Å². The largest absolute Gasteiger partial charge is 0.477 e. The highest BCUT2D eigenvalue weighted by Gasteiger charge is 2.26. The van der Waals surface area contributed by atoms with Crippen LogP contribution in [0.25, 0.3) is 0 Å². The SMILES string of the molecule is CCN(CC)Cc1[nH]c(C(=O)O)c(CC(=O)OC)c1CC(=O)OC. The van der Waals surface area contributed by atoms with Gasteiger partial charge >= 0.3 is 17.9 Å². The second-order valence-corrected chi connectivity index (χ2v) is 5.21. The lowest BCUT2D eigenvalue weighted by Crippen LogP contribution is -2.23. The summed E-state index contributed by atoms with van der Waals surface area (Å²) in [6.07, 6.45) is -0.331. The first-order chi connectivity index (χ1) is 11.4. The van der Waals surface area contributed by atoms with Crippen LogP contribution in [0, 0.1) is 0 Å². The third kappa shape index (κ3) is 4.82. The van der Waals surface area contributed by atoms with Crippen molar-refractivity contribution in [1.29, 1.82) is 0 Å². The van der Waals surface area contributed by atoms with Crippen LogP contribution in [0.3, 0.4) is 0 Å². The molecular weight excluding hydrogens is 316 g/mol. The van der Waals surface area contributed by atoms with E-state index in [4.69, 9.17) is 4.74 Å². The van der Waals surface area contributed by atoms with E-state index < -0.39 is 17.9 Å². The lowest BCUT2D eigenvalue weighted by atomic mass is 10.0. The molecule has 2 N–H and O–H groups in total. The summed E-state index contributed by atoms with van der Waals surface area (Å²) in [5, 5.41) is 9.42. The van der Waals surface area contributed by atoms with Crippen molar-refractivity contribution in [2.75, 3.05) is 27.3 Å². The number of hydrogen-bond acceptors (Lipinski definition) is 6. The van der Waals surface area contributed by atoms with Crippen LogP contribution in [0.4, 0.5) is 0 Å². The molecule has 1 aromatic rings. The van der Waals surface area contributed by atoms with Crippen LogP contribution >= 0.6 is 0 Å². The van der Waals surface area contributed by atoms with Gasteiger partial charge in [0, 0.05) is 12.2 Å². The Kier molecular flexibility index (Phi) is 7.44. The number of methoxy groups -OCH3 is 2. The monoisotopic (exact) mass is 340 g/mol. The fraction of sp³-hybridized carbons (Fsp3) is 0.562. The smallest absolute Gasteiger partial charge is 0.352 e. The van der Waals surface area contributed by atoms with Gasteiger partial charge < -0.3 is 19.6 Å². The molecule has 0 amide bonds. The summed E-state index contributed by atoms with van der Waals surface area (Å²) < 4.78 is 9.33. The number of carbonyl (C=O) groups is 3. The summed E-state index contributed by atoms with van der Waals surface area (Å²) in [5.41, 5.74) is 1.25. The average Bonchev–Trinajstić information content (AvgIpc) is 2.89. The van der Waals surface area contributed by atoms with E-state index in [1.54, 1.807) is 0 Å². The number of aromatic amines is 1. The van der Waals surface area contributed by atoms with E-state index in [1.807, 2.05) is 13.8 Å². The van der Waals surface area contributed by atoms with Gasteiger partial charge in [0.1, 0.15) is 5.69 Å². The van der Waals surface area contributed by atoms with Crippen LogP contribution in [0.15, 0.2) is 0 Å². The summed E-state index contributed by atoms with van der Waals surface area (Å²) in [5.74, 6) is -2.26. The molecule has 1 aromatic heterocycles. The minimum atomic E-state index is -1.19. The molecule has 0 radical (unpaired) electrons. The van der Waals surface area contributed by atoms with Gasteiger partial charge in [-0.05, 0) is 24.2 Å². The number of nitrogens with zero attached hydrogens (tertiary/aromatic N) is 1. The minimum absolute atomic E-state index is 0.0959. The molecule has 1 heterocycles. The van der Waals surface area contributed by atoms with Crippen molar-refractivity contribution < 1.29 is 29.0 Å². The number of H-pyrrole nitrogens is 1. The molecule has 0 aliphatic carbocycles. The minimum Gasteiger partial charge on any atom is -0.477 e. The summed E-state index contributed by atoms with van der Waals surface area (Å²) >= 11 is 0. The Hall–Kier alpha value is -2.35. The number of aromatic carboxylic acids is 1. The summed E-state index contributed by atoms with van der Waals surface area (Å²) in [4.78, 5) is 39.8. The van der Waals surface area contributed by atoms with Crippen LogP contribution in [0.5, 0.6) is 0 Å². The number of carbonyl (C=O) groups excluding carboxylic acids is 2. The molecule has 24 heavy (non-hydrogen) atoms. The number of carboxylic acids is 1. The molecule has 8 nitrogen and oxygen atoms in total. The topological polar surface area (TPSA) is 109 Å². The lowest BCUT2D eigenvalue weighted by Gasteiger charge is -2.18. The predicted molar refractivity (Wildman–Crippen MR) is 85.8 cm³/mol. The number of nitrogens with one attached hydrogen (secondary N) is 1. The fourth-order valence-electron chi connectivity index (χ4n) is 2.46. The zero-order valence-electron chi connectivity index (χ0n) is 14.5. The standard InChI is InChI=1S/C16H24N2O6/c1-5-18(6-2)9-12-10(7-13(19)23-3)11(8-14(20)24-4)15(17-12)16(21)22/h17H,5-9H2,1-4H3,(H,21,22). The number of aromatic nitrogens is 1. The number of hydrogen-bond donors (Lipinski definition) is 2. The van der Waals surface area contributed by atoms with Crippen molar-refractivity contribution in [2.45, 2.75) is 33.2 Å². The van der Waals surface area contributed by atoms with Crippen LogP contribution in [0.2, 0.25) is 0 Å². The van der Waals surface area contributed by atoms with Crippen molar-refractivity contribution in [3.8, 4) is 0 Å². The van der Waals surface area contributed by atoms with Gasteiger partial charge in [-0.2, -0.15) is 0 Å². The highest BCUT2D eigenvalue weighted by atomic mass is 16.5. The van der Waals surface area contributed by atoms with E-state index in [9.17, 15) is 19.5 Å². The Morgan fingerprint density at radius 2 is 1.50 bits per heavy atom. The average molecular weight is 340 g/mol. The molecule has 0 saturated carbocycles. The van der Waals surface area contributed by atoms with Crippen LogP contribution in [-0.2, 0) is 38.4 Å². The molecule has 0 aliphatic heterocycles. The van der Waals surface area contributed by atoms with Crippen molar-refractivity contribution in [3.63, 3.8) is 0 Å². The van der Waals surface area contributed by atoms with Gasteiger partial charge in [-0.3, -0.25) is 14.5 Å². The van der Waals surface area contributed by atoms with E-state index in [2.05, 4.69) is 14.6 Å². The maximum absolute atomic E-state index is 11.7. The van der Waals surface area contributed by atoms with E-state index in [-0.39, 0.29) is 24.1 Å². The zero-order chi connectivity index (χ0) is 18.3. The second kappa shape index (κ2) is 9.07. The van der Waals surface area contributed by atoms with E-state index in [0.717, 1.165) is 13.1 Å². The highest BCUT2D eigenvalue weighted by molar-refractivity contribution is 5.91. The number of esters is 2.